The zero-order chi connectivity index (χ0) is 38.2. The summed E-state index contributed by atoms with van der Waals surface area (Å²) in [5, 5.41) is 9.18. The fraction of sp³-hybridized carbons (Fsp3) is 0. The van der Waals surface area contributed by atoms with Crippen molar-refractivity contribution in [2.75, 3.05) is 0 Å². The van der Waals surface area contributed by atoms with Crippen molar-refractivity contribution in [1.82, 2.24) is 0 Å². The van der Waals surface area contributed by atoms with Crippen molar-refractivity contribution in [2.24, 2.45) is 0 Å². The molecular weight excluding hydrogens is 705 g/mol. The summed E-state index contributed by atoms with van der Waals surface area (Å²) in [5.74, 6) is 0. The number of furan rings is 2. The van der Waals surface area contributed by atoms with Crippen molar-refractivity contribution >= 4 is 65.4 Å². The summed E-state index contributed by atoms with van der Waals surface area (Å²) in [6, 6.07) is 74.2. The molecule has 0 radical (unpaired) electrons. The first-order valence-electron chi connectivity index (χ1n) is 19.8. The summed E-state index contributed by atoms with van der Waals surface area (Å²) < 4.78 is 13.0. The van der Waals surface area contributed by atoms with Crippen LogP contribution in [0.25, 0.3) is 121 Å². The van der Waals surface area contributed by atoms with E-state index in [9.17, 15) is 0 Å². The van der Waals surface area contributed by atoms with Crippen LogP contribution in [0.15, 0.2) is 215 Å². The van der Waals surface area contributed by atoms with Crippen molar-refractivity contribution in [3.05, 3.63) is 206 Å². The summed E-state index contributed by atoms with van der Waals surface area (Å²) >= 11 is 0. The monoisotopic (exact) mass is 738 g/mol. The van der Waals surface area contributed by atoms with Gasteiger partial charge in [-0.15, -0.1) is 0 Å². The Morgan fingerprint density at radius 3 is 1.31 bits per heavy atom. The SMILES string of the molecule is c1ccc(-c2cccc(-c3ccccc3)c2-c2c3ccccc3c(-c3ccc4oc5cc6oc7ccccc7c6cc5c4c3-c3ccccc3)c3ccccc23)cc1. The Morgan fingerprint density at radius 2 is 0.707 bits per heavy atom. The summed E-state index contributed by atoms with van der Waals surface area (Å²) in [7, 11) is 0. The highest BCUT2D eigenvalue weighted by atomic mass is 16.3. The highest BCUT2D eigenvalue weighted by molar-refractivity contribution is 6.27. The molecule has 12 rings (SSSR count). The molecule has 2 heterocycles. The number of benzene rings is 10. The minimum Gasteiger partial charge on any atom is -0.456 e. The van der Waals surface area contributed by atoms with Crippen LogP contribution in [0, 0.1) is 0 Å². The molecule has 0 saturated heterocycles. The third-order valence-corrected chi connectivity index (χ3v) is 11.9. The molecule has 0 bridgehead atoms. The molecule has 270 valence electrons. The molecule has 0 N–H and O–H groups in total. The van der Waals surface area contributed by atoms with E-state index in [0.29, 0.717) is 0 Å². The molecule has 2 heteroatoms. The van der Waals surface area contributed by atoms with E-state index in [0.717, 1.165) is 60.6 Å². The Kier molecular flexibility index (Phi) is 7.26. The molecule has 10 aromatic carbocycles. The number of rotatable bonds is 5. The normalized spacial score (nSPS) is 11.8. The van der Waals surface area contributed by atoms with Gasteiger partial charge >= 0.3 is 0 Å². The smallest absolute Gasteiger partial charge is 0.139 e. The van der Waals surface area contributed by atoms with E-state index in [1.54, 1.807) is 0 Å². The number of fused-ring (bicyclic) bond motifs is 8. The average molecular weight is 739 g/mol. The lowest BCUT2D eigenvalue weighted by Crippen LogP contribution is -1.96. The topological polar surface area (TPSA) is 26.3 Å². The first-order chi connectivity index (χ1) is 28.8. The molecule has 0 saturated carbocycles. The van der Waals surface area contributed by atoms with E-state index in [2.05, 4.69) is 194 Å². The van der Waals surface area contributed by atoms with E-state index in [-0.39, 0.29) is 0 Å². The van der Waals surface area contributed by atoms with Crippen molar-refractivity contribution < 1.29 is 8.83 Å². The van der Waals surface area contributed by atoms with Crippen molar-refractivity contribution in [3.63, 3.8) is 0 Å². The molecular formula is C56H34O2. The maximum atomic E-state index is 6.71. The largest absolute Gasteiger partial charge is 0.456 e. The maximum absolute atomic E-state index is 6.71. The van der Waals surface area contributed by atoms with E-state index < -0.39 is 0 Å². The second-order valence-electron chi connectivity index (χ2n) is 15.1. The average Bonchev–Trinajstić information content (AvgIpc) is 3.85. The van der Waals surface area contributed by atoms with Crippen molar-refractivity contribution in [3.8, 4) is 55.6 Å². The van der Waals surface area contributed by atoms with Crippen LogP contribution in [-0.2, 0) is 0 Å². The third kappa shape index (κ3) is 4.92. The van der Waals surface area contributed by atoms with Crippen molar-refractivity contribution in [2.45, 2.75) is 0 Å². The predicted octanol–water partition coefficient (Wildman–Crippen LogP) is 16.1. The lowest BCUT2D eigenvalue weighted by atomic mass is 9.79. The molecule has 2 aromatic heterocycles. The molecule has 0 amide bonds. The van der Waals surface area contributed by atoms with Crippen LogP contribution in [0.5, 0.6) is 0 Å². The Balaban J connectivity index is 1.23. The quantitative estimate of drug-likeness (QED) is 0.164. The van der Waals surface area contributed by atoms with Crippen LogP contribution in [0.2, 0.25) is 0 Å². The van der Waals surface area contributed by atoms with Gasteiger partial charge in [0.1, 0.15) is 22.3 Å². The van der Waals surface area contributed by atoms with Crippen LogP contribution < -0.4 is 0 Å². The van der Waals surface area contributed by atoms with Crippen LogP contribution in [0.4, 0.5) is 0 Å². The van der Waals surface area contributed by atoms with E-state index >= 15 is 0 Å². The zero-order valence-corrected chi connectivity index (χ0v) is 31.4. The van der Waals surface area contributed by atoms with Gasteiger partial charge in [-0.2, -0.15) is 0 Å². The molecule has 0 aliphatic rings. The minimum absolute atomic E-state index is 0.812. The summed E-state index contributed by atoms with van der Waals surface area (Å²) in [6.07, 6.45) is 0. The van der Waals surface area contributed by atoms with Gasteiger partial charge in [0, 0.05) is 33.2 Å². The van der Waals surface area contributed by atoms with Crippen LogP contribution in [0.1, 0.15) is 0 Å². The van der Waals surface area contributed by atoms with Crippen LogP contribution >= 0.6 is 0 Å². The Bertz CT molecular complexity index is 3420. The van der Waals surface area contributed by atoms with Gasteiger partial charge in [-0.1, -0.05) is 176 Å². The highest BCUT2D eigenvalue weighted by Gasteiger charge is 2.25. The van der Waals surface area contributed by atoms with Gasteiger partial charge in [0.2, 0.25) is 0 Å². The summed E-state index contributed by atoms with van der Waals surface area (Å²) in [5.41, 5.74) is 15.3. The van der Waals surface area contributed by atoms with E-state index in [4.69, 9.17) is 8.83 Å². The van der Waals surface area contributed by atoms with Gasteiger partial charge in [-0.05, 0) is 95.9 Å². The van der Waals surface area contributed by atoms with Gasteiger partial charge in [0.05, 0.1) is 0 Å². The molecule has 0 atom stereocenters. The van der Waals surface area contributed by atoms with Gasteiger partial charge in [0.15, 0.2) is 0 Å². The molecule has 2 nitrogen and oxygen atoms in total. The van der Waals surface area contributed by atoms with Gasteiger partial charge in [0.25, 0.3) is 0 Å². The molecule has 0 aliphatic heterocycles. The summed E-state index contributed by atoms with van der Waals surface area (Å²) in [4.78, 5) is 0. The summed E-state index contributed by atoms with van der Waals surface area (Å²) in [6.45, 7) is 0. The van der Waals surface area contributed by atoms with Gasteiger partial charge in [-0.3, -0.25) is 0 Å². The molecule has 0 fully saturated rings. The van der Waals surface area contributed by atoms with Crippen LogP contribution in [0.3, 0.4) is 0 Å². The predicted molar refractivity (Wildman–Crippen MR) is 243 cm³/mol. The lowest BCUT2D eigenvalue weighted by Gasteiger charge is -2.23. The Hall–Kier alpha value is -7.68. The third-order valence-electron chi connectivity index (χ3n) is 11.9. The van der Waals surface area contributed by atoms with Gasteiger partial charge in [-0.25, -0.2) is 0 Å². The number of hydrogen-bond donors (Lipinski definition) is 0. The first kappa shape index (κ1) is 32.6. The molecule has 58 heavy (non-hydrogen) atoms. The molecule has 0 spiro atoms. The van der Waals surface area contributed by atoms with Crippen molar-refractivity contribution in [1.29, 1.82) is 0 Å². The molecule has 0 aliphatic carbocycles. The molecule has 0 unspecified atom stereocenters. The Labute approximate surface area is 334 Å². The second-order valence-corrected chi connectivity index (χ2v) is 15.1. The second kappa shape index (κ2) is 12.9. The fourth-order valence-corrected chi connectivity index (χ4v) is 9.43. The standard InChI is InChI=1S/C56H34O2/c1-4-17-35(18-5-1)38-28-16-29-39(36-19-6-2-7-20-36)54(38)55-43-26-12-10-24-41(43)53(42-25-11-13-27-44(42)55)45-31-32-49-56(52(45)37-21-8-3-9-22-37)47-33-46-40-23-14-15-30-48(40)57-50(46)34-51(47)58-49/h1-34H. The maximum Gasteiger partial charge on any atom is 0.139 e. The number of para-hydroxylation sites is 1. The zero-order valence-electron chi connectivity index (χ0n) is 31.4. The fourth-order valence-electron chi connectivity index (χ4n) is 9.43. The molecule has 12 aromatic rings. The van der Waals surface area contributed by atoms with E-state index in [1.807, 2.05) is 12.1 Å². The minimum atomic E-state index is 0.812. The Morgan fingerprint density at radius 1 is 0.224 bits per heavy atom. The lowest BCUT2D eigenvalue weighted by molar-refractivity contribution is 0.656. The van der Waals surface area contributed by atoms with Gasteiger partial charge < -0.3 is 8.83 Å². The first-order valence-corrected chi connectivity index (χ1v) is 19.8. The van der Waals surface area contributed by atoms with Crippen LogP contribution in [-0.4, -0.2) is 0 Å². The number of hydrogen-bond acceptors (Lipinski definition) is 2. The van der Waals surface area contributed by atoms with E-state index in [1.165, 1.54) is 60.5 Å². The highest BCUT2D eigenvalue weighted by Crippen LogP contribution is 2.52.